The normalized spacial score (nSPS) is 12.4. The molecule has 0 unspecified atom stereocenters. The summed E-state index contributed by atoms with van der Waals surface area (Å²) in [6.45, 7) is 0.646. The summed E-state index contributed by atoms with van der Waals surface area (Å²) in [4.78, 5) is 0. The predicted octanol–water partition coefficient (Wildman–Crippen LogP) is 2.73. The average Bonchev–Trinajstić information content (AvgIpc) is 2.39. The third-order valence-electron chi connectivity index (χ3n) is 3.05. The summed E-state index contributed by atoms with van der Waals surface area (Å²) >= 11 is 0. The Hall–Kier alpha value is -1.78. The van der Waals surface area contributed by atoms with E-state index in [1.807, 2.05) is 31.3 Å². The van der Waals surface area contributed by atoms with Crippen molar-refractivity contribution in [1.82, 2.24) is 5.32 Å². The van der Waals surface area contributed by atoms with Gasteiger partial charge in [0, 0.05) is 18.2 Å². The Balaban J connectivity index is 2.41. The summed E-state index contributed by atoms with van der Waals surface area (Å²) in [5, 5.41) is 3.05. The van der Waals surface area contributed by atoms with Crippen LogP contribution in [-0.2, 0) is 6.54 Å². The minimum atomic E-state index is -0.619. The maximum absolute atomic E-state index is 13.8. The maximum Gasteiger partial charge on any atom is 0.131 e. The lowest BCUT2D eigenvalue weighted by Gasteiger charge is -2.17. The number of hydrogen-bond donors (Lipinski definition) is 2. The van der Waals surface area contributed by atoms with Crippen molar-refractivity contribution < 1.29 is 8.78 Å². The quantitative estimate of drug-likeness (QED) is 0.889. The Morgan fingerprint density at radius 2 is 1.84 bits per heavy atom. The van der Waals surface area contributed by atoms with Gasteiger partial charge in [-0.1, -0.05) is 30.3 Å². The standard InChI is InChI=1S/C15H16F2N2/c1-19-9-10-4-2-3-5-12(10)15(18)13-7-6-11(16)8-14(13)17/h2-8,15,19H,9,18H2,1H3/t15-/m0/s1. The summed E-state index contributed by atoms with van der Waals surface area (Å²) in [6, 6.07) is 10.4. The van der Waals surface area contributed by atoms with Crippen LogP contribution in [0.25, 0.3) is 0 Å². The van der Waals surface area contributed by atoms with Crippen molar-refractivity contribution in [2.45, 2.75) is 12.6 Å². The van der Waals surface area contributed by atoms with Gasteiger partial charge in [-0.05, 0) is 24.2 Å². The van der Waals surface area contributed by atoms with Crippen molar-refractivity contribution in [1.29, 1.82) is 0 Å². The highest BCUT2D eigenvalue weighted by atomic mass is 19.1. The van der Waals surface area contributed by atoms with Gasteiger partial charge in [-0.2, -0.15) is 0 Å². The monoisotopic (exact) mass is 262 g/mol. The predicted molar refractivity (Wildman–Crippen MR) is 71.6 cm³/mol. The second-order valence-electron chi connectivity index (χ2n) is 4.37. The van der Waals surface area contributed by atoms with Gasteiger partial charge in [0.1, 0.15) is 11.6 Å². The molecule has 0 aromatic heterocycles. The molecule has 0 bridgehead atoms. The van der Waals surface area contributed by atoms with Crippen molar-refractivity contribution in [3.8, 4) is 0 Å². The van der Waals surface area contributed by atoms with Crippen LogP contribution < -0.4 is 11.1 Å². The van der Waals surface area contributed by atoms with E-state index in [0.29, 0.717) is 12.1 Å². The zero-order chi connectivity index (χ0) is 13.8. The first-order valence-corrected chi connectivity index (χ1v) is 6.06. The van der Waals surface area contributed by atoms with E-state index in [4.69, 9.17) is 5.73 Å². The third kappa shape index (κ3) is 2.97. The Bertz CT molecular complexity index is 570. The van der Waals surface area contributed by atoms with Gasteiger partial charge in [0.25, 0.3) is 0 Å². The molecule has 3 N–H and O–H groups in total. The number of benzene rings is 2. The molecule has 0 aliphatic heterocycles. The van der Waals surface area contributed by atoms with Crippen LogP contribution in [0.15, 0.2) is 42.5 Å². The van der Waals surface area contributed by atoms with E-state index in [1.54, 1.807) is 0 Å². The third-order valence-corrected chi connectivity index (χ3v) is 3.05. The summed E-state index contributed by atoms with van der Waals surface area (Å²) < 4.78 is 26.7. The lowest BCUT2D eigenvalue weighted by Crippen LogP contribution is -2.18. The first-order valence-electron chi connectivity index (χ1n) is 6.06. The summed E-state index contributed by atoms with van der Waals surface area (Å²) in [7, 11) is 1.83. The lowest BCUT2D eigenvalue weighted by molar-refractivity contribution is 0.565. The Labute approximate surface area is 111 Å². The van der Waals surface area contributed by atoms with E-state index in [-0.39, 0.29) is 0 Å². The van der Waals surface area contributed by atoms with E-state index in [2.05, 4.69) is 5.32 Å². The van der Waals surface area contributed by atoms with Gasteiger partial charge in [0.05, 0.1) is 6.04 Å². The van der Waals surface area contributed by atoms with Crippen LogP contribution in [0.2, 0.25) is 0 Å². The Morgan fingerprint density at radius 1 is 1.11 bits per heavy atom. The van der Waals surface area contributed by atoms with E-state index in [1.165, 1.54) is 12.1 Å². The molecule has 100 valence electrons. The molecule has 0 spiro atoms. The number of rotatable bonds is 4. The molecule has 0 heterocycles. The molecule has 0 saturated carbocycles. The summed E-state index contributed by atoms with van der Waals surface area (Å²) in [6.07, 6.45) is 0. The molecule has 0 radical (unpaired) electrons. The molecule has 2 nitrogen and oxygen atoms in total. The second-order valence-corrected chi connectivity index (χ2v) is 4.37. The molecule has 0 aliphatic rings. The van der Waals surface area contributed by atoms with Crippen molar-refractivity contribution in [3.63, 3.8) is 0 Å². The minimum absolute atomic E-state index is 0.296. The molecular weight excluding hydrogens is 246 g/mol. The average molecular weight is 262 g/mol. The fourth-order valence-corrected chi connectivity index (χ4v) is 2.11. The zero-order valence-corrected chi connectivity index (χ0v) is 10.7. The first kappa shape index (κ1) is 13.6. The number of nitrogens with two attached hydrogens (primary N) is 1. The van der Waals surface area contributed by atoms with Crippen LogP contribution in [0.3, 0.4) is 0 Å². The van der Waals surface area contributed by atoms with Gasteiger partial charge in [-0.25, -0.2) is 8.78 Å². The van der Waals surface area contributed by atoms with Gasteiger partial charge < -0.3 is 11.1 Å². The van der Waals surface area contributed by atoms with Crippen LogP contribution in [0.4, 0.5) is 8.78 Å². The smallest absolute Gasteiger partial charge is 0.131 e. The van der Waals surface area contributed by atoms with E-state index in [0.717, 1.165) is 17.2 Å². The number of hydrogen-bond acceptors (Lipinski definition) is 2. The summed E-state index contributed by atoms with van der Waals surface area (Å²) in [5.74, 6) is -1.22. The highest BCUT2D eigenvalue weighted by Gasteiger charge is 2.16. The van der Waals surface area contributed by atoms with Gasteiger partial charge in [0.2, 0.25) is 0 Å². The summed E-state index contributed by atoms with van der Waals surface area (Å²) in [5.41, 5.74) is 8.24. The molecule has 0 amide bonds. The molecule has 19 heavy (non-hydrogen) atoms. The van der Waals surface area contributed by atoms with Crippen molar-refractivity contribution in [2.24, 2.45) is 5.73 Å². The maximum atomic E-state index is 13.8. The van der Waals surface area contributed by atoms with Crippen LogP contribution in [0.5, 0.6) is 0 Å². The first-order chi connectivity index (χ1) is 9.13. The van der Waals surface area contributed by atoms with E-state index < -0.39 is 17.7 Å². The Kier molecular flexibility index (Phi) is 4.24. The van der Waals surface area contributed by atoms with Crippen LogP contribution in [0, 0.1) is 11.6 Å². The molecule has 2 rings (SSSR count). The second kappa shape index (κ2) is 5.91. The molecule has 0 aliphatic carbocycles. The van der Waals surface area contributed by atoms with Crippen molar-refractivity contribution in [2.75, 3.05) is 7.05 Å². The van der Waals surface area contributed by atoms with Gasteiger partial charge in [0.15, 0.2) is 0 Å². The van der Waals surface area contributed by atoms with E-state index >= 15 is 0 Å². The van der Waals surface area contributed by atoms with Crippen LogP contribution in [0.1, 0.15) is 22.7 Å². The van der Waals surface area contributed by atoms with Gasteiger partial charge in [-0.3, -0.25) is 0 Å². The molecular formula is C15H16F2N2. The van der Waals surface area contributed by atoms with Crippen molar-refractivity contribution in [3.05, 3.63) is 70.8 Å². The molecule has 2 aromatic rings. The minimum Gasteiger partial charge on any atom is -0.320 e. The molecule has 0 saturated heterocycles. The van der Waals surface area contributed by atoms with Crippen LogP contribution in [-0.4, -0.2) is 7.05 Å². The van der Waals surface area contributed by atoms with Gasteiger partial charge >= 0.3 is 0 Å². The number of nitrogens with one attached hydrogen (secondary N) is 1. The van der Waals surface area contributed by atoms with Crippen molar-refractivity contribution >= 4 is 0 Å². The highest BCUT2D eigenvalue weighted by molar-refractivity contribution is 5.37. The topological polar surface area (TPSA) is 38.0 Å². The lowest BCUT2D eigenvalue weighted by atomic mass is 9.94. The van der Waals surface area contributed by atoms with Crippen LogP contribution >= 0.6 is 0 Å². The van der Waals surface area contributed by atoms with Gasteiger partial charge in [-0.15, -0.1) is 0 Å². The Morgan fingerprint density at radius 3 is 2.53 bits per heavy atom. The highest BCUT2D eigenvalue weighted by Crippen LogP contribution is 2.25. The molecule has 2 aromatic carbocycles. The molecule has 1 atom stereocenters. The number of halogens is 2. The zero-order valence-electron chi connectivity index (χ0n) is 10.7. The fraction of sp³-hybridized carbons (Fsp3) is 0.200. The molecule has 4 heteroatoms. The van der Waals surface area contributed by atoms with E-state index in [9.17, 15) is 8.78 Å². The fourth-order valence-electron chi connectivity index (χ4n) is 2.11. The SMILES string of the molecule is CNCc1ccccc1[C@H](N)c1ccc(F)cc1F. The largest absolute Gasteiger partial charge is 0.320 e. The molecule has 0 fully saturated rings.